The summed E-state index contributed by atoms with van der Waals surface area (Å²) in [6, 6.07) is 12.2. The molecule has 0 aromatic heterocycles. The van der Waals surface area contributed by atoms with E-state index in [1.807, 2.05) is 24.3 Å². The summed E-state index contributed by atoms with van der Waals surface area (Å²) < 4.78 is 27.4. The Morgan fingerprint density at radius 3 is 2.32 bits per heavy atom. The van der Waals surface area contributed by atoms with Crippen LogP contribution in [0.5, 0.6) is 0 Å². The molecular weight excluding hydrogens is 434 g/mol. The largest absolute Gasteiger partial charge is 0.369 e. The smallest absolute Gasteiger partial charge is 0.257 e. The molecule has 1 saturated heterocycles. The van der Waals surface area contributed by atoms with Crippen molar-refractivity contribution in [2.75, 3.05) is 29.9 Å². The van der Waals surface area contributed by atoms with E-state index in [4.69, 9.17) is 11.6 Å². The van der Waals surface area contributed by atoms with Crippen molar-refractivity contribution < 1.29 is 13.2 Å². The van der Waals surface area contributed by atoms with Gasteiger partial charge in [0.05, 0.1) is 15.5 Å². The van der Waals surface area contributed by atoms with E-state index in [9.17, 15) is 13.2 Å². The summed E-state index contributed by atoms with van der Waals surface area (Å²) in [6.07, 6.45) is 2.73. The van der Waals surface area contributed by atoms with E-state index in [1.54, 1.807) is 0 Å². The number of hydrogen-bond donors (Lipinski definition) is 1. The molecule has 168 valence electrons. The van der Waals surface area contributed by atoms with Crippen molar-refractivity contribution in [2.24, 2.45) is 0 Å². The first-order valence-electron chi connectivity index (χ1n) is 10.7. The molecule has 0 radical (unpaired) electrons. The first-order valence-corrected chi connectivity index (χ1v) is 12.5. The van der Waals surface area contributed by atoms with Crippen LogP contribution in [0.1, 0.15) is 50.4 Å². The maximum Gasteiger partial charge on any atom is 0.257 e. The lowest BCUT2D eigenvalue weighted by Crippen LogP contribution is -2.35. The van der Waals surface area contributed by atoms with Crippen LogP contribution in [-0.2, 0) is 10.0 Å². The molecule has 3 rings (SSSR count). The highest BCUT2D eigenvalue weighted by atomic mass is 35.5. The summed E-state index contributed by atoms with van der Waals surface area (Å²) >= 11 is 6.24. The van der Waals surface area contributed by atoms with Crippen LogP contribution in [0.4, 0.5) is 11.4 Å². The second-order valence-electron chi connectivity index (χ2n) is 7.99. The Kier molecular flexibility index (Phi) is 7.62. The average Bonchev–Trinajstić information content (AvgIpc) is 2.76. The summed E-state index contributed by atoms with van der Waals surface area (Å²) in [5.41, 5.74) is 1.83. The van der Waals surface area contributed by atoms with Crippen LogP contribution in [0.25, 0.3) is 0 Å². The van der Waals surface area contributed by atoms with Crippen molar-refractivity contribution in [1.82, 2.24) is 4.31 Å². The van der Waals surface area contributed by atoms with Gasteiger partial charge in [0.2, 0.25) is 10.0 Å². The minimum Gasteiger partial charge on any atom is -0.369 e. The first-order chi connectivity index (χ1) is 14.7. The molecule has 1 amide bonds. The number of anilines is 2. The van der Waals surface area contributed by atoms with E-state index in [0.717, 1.165) is 31.5 Å². The predicted octanol–water partition coefficient (Wildman–Crippen LogP) is 5.00. The first kappa shape index (κ1) is 23.6. The van der Waals surface area contributed by atoms with Crippen molar-refractivity contribution >= 4 is 38.9 Å². The maximum absolute atomic E-state index is 13.0. The van der Waals surface area contributed by atoms with Gasteiger partial charge < -0.3 is 10.2 Å². The zero-order valence-electron chi connectivity index (χ0n) is 18.3. The van der Waals surface area contributed by atoms with Crippen molar-refractivity contribution in [3.8, 4) is 0 Å². The van der Waals surface area contributed by atoms with Gasteiger partial charge in [-0.15, -0.1) is 0 Å². The minimum absolute atomic E-state index is 0.0924. The Balaban J connectivity index is 1.80. The topological polar surface area (TPSA) is 69.7 Å². The number of carbonyl (C=O) groups excluding carboxylic acids is 1. The lowest BCUT2D eigenvalue weighted by atomic mass is 10.2. The molecule has 1 aliphatic heterocycles. The van der Waals surface area contributed by atoms with Gasteiger partial charge in [-0.1, -0.05) is 18.0 Å². The number of nitrogens with one attached hydrogen (secondary N) is 1. The molecule has 1 heterocycles. The highest BCUT2D eigenvalue weighted by Crippen LogP contribution is 2.26. The van der Waals surface area contributed by atoms with E-state index in [2.05, 4.69) is 31.0 Å². The van der Waals surface area contributed by atoms with Gasteiger partial charge in [-0.2, -0.15) is 4.31 Å². The van der Waals surface area contributed by atoms with Gasteiger partial charge in [0.25, 0.3) is 5.91 Å². The maximum atomic E-state index is 13.0. The highest BCUT2D eigenvalue weighted by Gasteiger charge is 2.27. The molecule has 1 N–H and O–H groups in total. The summed E-state index contributed by atoms with van der Waals surface area (Å²) in [5.74, 6) is -0.440. The van der Waals surface area contributed by atoms with E-state index in [0.29, 0.717) is 24.8 Å². The molecule has 2 aromatic carbocycles. The van der Waals surface area contributed by atoms with Crippen LogP contribution in [0, 0.1) is 0 Å². The second-order valence-corrected chi connectivity index (χ2v) is 10.3. The molecule has 0 spiro atoms. The van der Waals surface area contributed by atoms with E-state index in [-0.39, 0.29) is 15.5 Å². The number of benzene rings is 2. The van der Waals surface area contributed by atoms with Gasteiger partial charge in [-0.05, 0) is 76.1 Å². The number of piperidine rings is 1. The molecule has 1 fully saturated rings. The number of rotatable bonds is 7. The van der Waals surface area contributed by atoms with Crippen molar-refractivity contribution in [3.05, 3.63) is 53.1 Å². The monoisotopic (exact) mass is 463 g/mol. The van der Waals surface area contributed by atoms with E-state index >= 15 is 0 Å². The molecule has 31 heavy (non-hydrogen) atoms. The lowest BCUT2D eigenvalue weighted by Gasteiger charge is -2.27. The number of halogens is 1. The number of hydrogen-bond acceptors (Lipinski definition) is 4. The van der Waals surface area contributed by atoms with Crippen molar-refractivity contribution in [3.63, 3.8) is 0 Å². The molecule has 2 aromatic rings. The van der Waals surface area contributed by atoms with Crippen LogP contribution < -0.4 is 10.2 Å². The highest BCUT2D eigenvalue weighted by molar-refractivity contribution is 7.89. The SMILES string of the molecule is CCN(c1ccc(NC(=O)c2cc(S(=O)(=O)N3CCCCC3)ccc2Cl)cc1)C(C)C. The van der Waals surface area contributed by atoms with Crippen LogP contribution >= 0.6 is 11.6 Å². The normalized spacial score (nSPS) is 15.1. The molecule has 0 unspecified atom stereocenters. The van der Waals surface area contributed by atoms with Gasteiger partial charge in [0, 0.05) is 37.1 Å². The Bertz CT molecular complexity index is 1020. The third-order valence-corrected chi connectivity index (χ3v) is 7.78. The van der Waals surface area contributed by atoms with Crippen LogP contribution in [0.3, 0.4) is 0 Å². The fraction of sp³-hybridized carbons (Fsp3) is 0.435. The summed E-state index contributed by atoms with van der Waals surface area (Å²) in [4.78, 5) is 15.2. The number of nitrogens with zero attached hydrogens (tertiary/aromatic N) is 2. The Morgan fingerprint density at radius 2 is 1.74 bits per heavy atom. The van der Waals surface area contributed by atoms with Crippen LogP contribution in [0.15, 0.2) is 47.4 Å². The quantitative estimate of drug-likeness (QED) is 0.627. The molecule has 6 nitrogen and oxygen atoms in total. The molecule has 0 saturated carbocycles. The zero-order valence-corrected chi connectivity index (χ0v) is 19.8. The third kappa shape index (κ3) is 5.40. The van der Waals surface area contributed by atoms with Gasteiger partial charge in [0.1, 0.15) is 0 Å². The summed E-state index contributed by atoms with van der Waals surface area (Å²) in [7, 11) is -3.64. The third-order valence-electron chi connectivity index (χ3n) is 5.56. The molecule has 0 atom stereocenters. The molecular formula is C23H30ClN3O3S. The van der Waals surface area contributed by atoms with Gasteiger partial charge >= 0.3 is 0 Å². The van der Waals surface area contributed by atoms with Gasteiger partial charge in [-0.25, -0.2) is 8.42 Å². The van der Waals surface area contributed by atoms with Crippen LogP contribution in [0.2, 0.25) is 5.02 Å². The van der Waals surface area contributed by atoms with Gasteiger partial charge in [0.15, 0.2) is 0 Å². The van der Waals surface area contributed by atoms with Crippen molar-refractivity contribution in [2.45, 2.75) is 51.0 Å². The Labute approximate surface area is 190 Å². The lowest BCUT2D eigenvalue weighted by molar-refractivity contribution is 0.102. The van der Waals surface area contributed by atoms with Crippen LogP contribution in [-0.4, -0.2) is 44.3 Å². The summed E-state index contributed by atoms with van der Waals surface area (Å²) in [6.45, 7) is 8.26. The predicted molar refractivity (Wildman–Crippen MR) is 127 cm³/mol. The Hall–Kier alpha value is -2.09. The number of amides is 1. The van der Waals surface area contributed by atoms with E-state index in [1.165, 1.54) is 22.5 Å². The fourth-order valence-electron chi connectivity index (χ4n) is 3.87. The second kappa shape index (κ2) is 10.0. The standard InChI is InChI=1S/C23H30ClN3O3S/c1-4-27(17(2)3)19-10-8-18(9-11-19)25-23(28)21-16-20(12-13-22(21)24)31(29,30)26-14-6-5-7-15-26/h8-13,16-17H,4-7,14-15H2,1-3H3,(H,25,28). The molecule has 1 aliphatic rings. The molecule has 0 aliphatic carbocycles. The van der Waals surface area contributed by atoms with E-state index < -0.39 is 15.9 Å². The Morgan fingerprint density at radius 1 is 1.10 bits per heavy atom. The number of carbonyl (C=O) groups is 1. The van der Waals surface area contributed by atoms with Crippen molar-refractivity contribution in [1.29, 1.82) is 0 Å². The summed E-state index contributed by atoms with van der Waals surface area (Å²) in [5, 5.41) is 3.03. The zero-order chi connectivity index (χ0) is 22.6. The fourth-order valence-corrected chi connectivity index (χ4v) is 5.62. The average molecular weight is 464 g/mol. The molecule has 0 bridgehead atoms. The number of sulfonamides is 1. The van der Waals surface area contributed by atoms with Gasteiger partial charge in [-0.3, -0.25) is 4.79 Å². The minimum atomic E-state index is -3.64. The molecule has 8 heteroatoms.